The van der Waals surface area contributed by atoms with E-state index in [4.69, 9.17) is 0 Å². The van der Waals surface area contributed by atoms with Crippen molar-refractivity contribution in [3.8, 4) is 0 Å². The average molecular weight is 388 g/mol. The fraction of sp³-hybridized carbons (Fsp3) is 0.421. The van der Waals surface area contributed by atoms with E-state index in [1.165, 1.54) is 0 Å². The minimum Gasteiger partial charge on any atom is -0.347 e. The zero-order valence-corrected chi connectivity index (χ0v) is 16.6. The first-order valence-electron chi connectivity index (χ1n) is 9.00. The minimum atomic E-state index is -3.05. The Bertz CT molecular complexity index is 973. The maximum atomic E-state index is 12.5. The topological polar surface area (TPSA) is 101 Å². The Morgan fingerprint density at radius 1 is 1.26 bits per heavy atom. The molecule has 2 N–H and O–H groups in total. The molecule has 1 atom stereocenters. The predicted molar refractivity (Wildman–Crippen MR) is 105 cm³/mol. The van der Waals surface area contributed by atoms with E-state index in [0.717, 1.165) is 23.2 Å². The molecule has 1 aromatic heterocycles. The molecule has 144 valence electrons. The third-order valence-corrected chi connectivity index (χ3v) is 6.40. The highest BCUT2D eigenvalue weighted by Crippen LogP contribution is 2.25. The Labute approximate surface area is 159 Å². The second kappa shape index (κ2) is 7.64. The molecular weight excluding hydrogens is 364 g/mol. The number of anilines is 2. The molecule has 0 bridgehead atoms. The number of nitrogens with zero attached hydrogens (tertiary/aromatic N) is 2. The number of rotatable bonds is 5. The van der Waals surface area contributed by atoms with E-state index in [1.54, 1.807) is 13.0 Å². The summed E-state index contributed by atoms with van der Waals surface area (Å²) in [5, 5.41) is 6.07. The summed E-state index contributed by atoms with van der Waals surface area (Å²) in [7, 11) is -3.05. The van der Waals surface area contributed by atoms with Gasteiger partial charge in [-0.2, -0.15) is 0 Å². The number of benzene rings is 1. The number of amides is 1. The lowest BCUT2D eigenvalue weighted by Gasteiger charge is -2.15. The SMILES string of the molecule is CCc1cccc(C)c1Nc1cc(C(=O)NC2CCS(=O)(=O)C2)nc(C)n1. The van der Waals surface area contributed by atoms with Crippen LogP contribution in [0.25, 0.3) is 0 Å². The number of aromatic nitrogens is 2. The maximum absolute atomic E-state index is 12.5. The van der Waals surface area contributed by atoms with Crippen LogP contribution in [0.15, 0.2) is 24.3 Å². The van der Waals surface area contributed by atoms with Crippen LogP contribution in [0, 0.1) is 13.8 Å². The zero-order valence-electron chi connectivity index (χ0n) is 15.7. The minimum absolute atomic E-state index is 0.0169. The van der Waals surface area contributed by atoms with Crippen LogP contribution >= 0.6 is 0 Å². The summed E-state index contributed by atoms with van der Waals surface area (Å²) in [5.41, 5.74) is 3.45. The Balaban J connectivity index is 1.82. The molecule has 1 fully saturated rings. The fourth-order valence-corrected chi connectivity index (χ4v) is 4.92. The lowest BCUT2D eigenvalue weighted by molar-refractivity contribution is 0.0935. The van der Waals surface area contributed by atoms with E-state index in [-0.39, 0.29) is 29.1 Å². The number of aryl methyl sites for hydroxylation is 3. The number of sulfone groups is 1. The number of hydrogen-bond acceptors (Lipinski definition) is 6. The number of hydrogen-bond donors (Lipinski definition) is 2. The molecule has 1 aromatic carbocycles. The van der Waals surface area contributed by atoms with Crippen molar-refractivity contribution < 1.29 is 13.2 Å². The highest BCUT2D eigenvalue weighted by molar-refractivity contribution is 7.91. The van der Waals surface area contributed by atoms with Crippen LogP contribution in [0.3, 0.4) is 0 Å². The molecule has 1 saturated heterocycles. The Hall–Kier alpha value is -2.48. The molecule has 7 nitrogen and oxygen atoms in total. The second-order valence-electron chi connectivity index (χ2n) is 6.85. The van der Waals surface area contributed by atoms with Crippen LogP contribution in [0.4, 0.5) is 11.5 Å². The molecule has 0 saturated carbocycles. The quantitative estimate of drug-likeness (QED) is 0.815. The standard InChI is InChI=1S/C19H24N4O3S/c1-4-14-7-5-6-12(2)18(14)23-17-10-16(20-13(3)21-17)19(24)22-15-8-9-27(25,26)11-15/h5-7,10,15H,4,8-9,11H2,1-3H3,(H,22,24)(H,20,21,23). The number of nitrogens with one attached hydrogen (secondary N) is 2. The Morgan fingerprint density at radius 2 is 2.04 bits per heavy atom. The zero-order chi connectivity index (χ0) is 19.6. The molecule has 27 heavy (non-hydrogen) atoms. The number of carbonyl (C=O) groups is 1. The molecule has 2 aromatic rings. The Kier molecular flexibility index (Phi) is 5.46. The molecule has 1 aliphatic heterocycles. The monoisotopic (exact) mass is 388 g/mol. The maximum Gasteiger partial charge on any atom is 0.270 e. The molecule has 3 rings (SSSR count). The van der Waals surface area contributed by atoms with Gasteiger partial charge in [0.2, 0.25) is 0 Å². The van der Waals surface area contributed by atoms with Gasteiger partial charge in [-0.1, -0.05) is 25.1 Å². The van der Waals surface area contributed by atoms with Crippen LogP contribution < -0.4 is 10.6 Å². The van der Waals surface area contributed by atoms with Crippen LogP contribution in [-0.2, 0) is 16.3 Å². The third kappa shape index (κ3) is 4.63. The van der Waals surface area contributed by atoms with Gasteiger partial charge in [-0.3, -0.25) is 4.79 Å². The first-order chi connectivity index (χ1) is 12.8. The summed E-state index contributed by atoms with van der Waals surface area (Å²) in [6.45, 7) is 5.82. The highest BCUT2D eigenvalue weighted by atomic mass is 32.2. The van der Waals surface area contributed by atoms with E-state index in [1.807, 2.05) is 19.1 Å². The van der Waals surface area contributed by atoms with Crippen LogP contribution in [-0.4, -0.2) is 41.8 Å². The highest BCUT2D eigenvalue weighted by Gasteiger charge is 2.29. The van der Waals surface area contributed by atoms with Gasteiger partial charge in [-0.05, 0) is 37.8 Å². The van der Waals surface area contributed by atoms with Crippen molar-refractivity contribution in [1.29, 1.82) is 0 Å². The van der Waals surface area contributed by atoms with Crippen LogP contribution in [0.2, 0.25) is 0 Å². The molecule has 0 spiro atoms. The van der Waals surface area contributed by atoms with Gasteiger partial charge in [0.15, 0.2) is 9.84 Å². The molecule has 2 heterocycles. The van der Waals surface area contributed by atoms with Crippen LogP contribution in [0.5, 0.6) is 0 Å². The molecule has 1 unspecified atom stereocenters. The van der Waals surface area contributed by atoms with Gasteiger partial charge < -0.3 is 10.6 Å². The van der Waals surface area contributed by atoms with Crippen molar-refractivity contribution in [1.82, 2.24) is 15.3 Å². The lowest BCUT2D eigenvalue weighted by atomic mass is 10.1. The second-order valence-corrected chi connectivity index (χ2v) is 9.08. The number of carbonyl (C=O) groups excluding carboxylic acids is 1. The van der Waals surface area contributed by atoms with E-state index in [9.17, 15) is 13.2 Å². The van der Waals surface area contributed by atoms with E-state index >= 15 is 0 Å². The predicted octanol–water partition coefficient (Wildman–Crippen LogP) is 2.32. The summed E-state index contributed by atoms with van der Waals surface area (Å²) in [6.07, 6.45) is 1.31. The van der Waals surface area contributed by atoms with Crippen molar-refractivity contribution in [2.24, 2.45) is 0 Å². The van der Waals surface area contributed by atoms with Crippen molar-refractivity contribution in [2.75, 3.05) is 16.8 Å². The van der Waals surface area contributed by atoms with E-state index in [2.05, 4.69) is 33.6 Å². The first-order valence-corrected chi connectivity index (χ1v) is 10.8. The average Bonchev–Trinajstić information content (AvgIpc) is 2.94. The van der Waals surface area contributed by atoms with Gasteiger partial charge >= 0.3 is 0 Å². The molecular formula is C19H24N4O3S. The largest absolute Gasteiger partial charge is 0.347 e. The van der Waals surface area contributed by atoms with Crippen molar-refractivity contribution in [3.63, 3.8) is 0 Å². The Morgan fingerprint density at radius 3 is 2.70 bits per heavy atom. The summed E-state index contributed by atoms with van der Waals surface area (Å²) in [5.74, 6) is 0.718. The smallest absolute Gasteiger partial charge is 0.270 e. The normalized spacial score (nSPS) is 18.3. The van der Waals surface area contributed by atoms with E-state index in [0.29, 0.717) is 18.1 Å². The molecule has 0 radical (unpaired) electrons. The number of para-hydroxylation sites is 1. The van der Waals surface area contributed by atoms with Gasteiger partial charge in [0.05, 0.1) is 11.5 Å². The third-order valence-electron chi connectivity index (χ3n) is 4.63. The van der Waals surface area contributed by atoms with Crippen LogP contribution in [0.1, 0.15) is 40.8 Å². The first kappa shape index (κ1) is 19.3. The lowest BCUT2D eigenvalue weighted by Crippen LogP contribution is -2.36. The summed E-state index contributed by atoms with van der Waals surface area (Å²) < 4.78 is 23.2. The summed E-state index contributed by atoms with van der Waals surface area (Å²) in [6, 6.07) is 7.31. The van der Waals surface area contributed by atoms with Gasteiger partial charge in [-0.25, -0.2) is 18.4 Å². The fourth-order valence-electron chi connectivity index (χ4n) is 3.25. The molecule has 1 aliphatic rings. The van der Waals surface area contributed by atoms with E-state index < -0.39 is 9.84 Å². The van der Waals surface area contributed by atoms with Gasteiger partial charge in [0.25, 0.3) is 5.91 Å². The molecule has 1 amide bonds. The molecule has 8 heteroatoms. The van der Waals surface area contributed by atoms with Crippen molar-refractivity contribution in [3.05, 3.63) is 46.9 Å². The molecule has 0 aliphatic carbocycles. The summed E-state index contributed by atoms with van der Waals surface area (Å²) in [4.78, 5) is 21.1. The van der Waals surface area contributed by atoms with Gasteiger partial charge in [-0.15, -0.1) is 0 Å². The van der Waals surface area contributed by atoms with Gasteiger partial charge in [0.1, 0.15) is 17.3 Å². The van der Waals surface area contributed by atoms with Gasteiger partial charge in [0, 0.05) is 17.8 Å². The van der Waals surface area contributed by atoms with Crippen molar-refractivity contribution in [2.45, 2.75) is 39.7 Å². The van der Waals surface area contributed by atoms with Crippen molar-refractivity contribution >= 4 is 27.2 Å². The summed E-state index contributed by atoms with van der Waals surface area (Å²) >= 11 is 0.